The zero-order valence-electron chi connectivity index (χ0n) is 14.4. The van der Waals surface area contributed by atoms with E-state index in [4.69, 9.17) is 10.5 Å². The van der Waals surface area contributed by atoms with Crippen molar-refractivity contribution in [3.63, 3.8) is 0 Å². The quantitative estimate of drug-likeness (QED) is 0.508. The molecule has 0 fully saturated rings. The van der Waals surface area contributed by atoms with Gasteiger partial charge in [0.15, 0.2) is 11.5 Å². The van der Waals surface area contributed by atoms with Crippen LogP contribution in [0.2, 0.25) is 0 Å². The molecule has 2 aromatic heterocycles. The van der Waals surface area contributed by atoms with Crippen LogP contribution in [0.3, 0.4) is 0 Å². The first-order valence-corrected chi connectivity index (χ1v) is 8.16. The van der Waals surface area contributed by atoms with Gasteiger partial charge in [0, 0.05) is 15.2 Å². The van der Waals surface area contributed by atoms with Crippen molar-refractivity contribution in [2.24, 2.45) is 0 Å². The number of para-hydroxylation sites is 2. The van der Waals surface area contributed by atoms with Crippen molar-refractivity contribution >= 4 is 28.3 Å². The van der Waals surface area contributed by atoms with Gasteiger partial charge in [-0.1, -0.05) is 18.2 Å². The van der Waals surface area contributed by atoms with E-state index in [1.807, 2.05) is 24.3 Å². The van der Waals surface area contributed by atoms with Crippen molar-refractivity contribution in [3.8, 4) is 17.0 Å². The number of benzene rings is 2. The van der Waals surface area contributed by atoms with Crippen LogP contribution < -0.4 is 15.8 Å². The molecule has 0 saturated carbocycles. The third-order valence-electron chi connectivity index (χ3n) is 4.11. The summed E-state index contributed by atoms with van der Waals surface area (Å²) in [6.07, 6.45) is 3.26. The number of hydrogen-bond acceptors (Lipinski definition) is 6. The largest absolute Gasteiger partial charge is 0.495 e. The van der Waals surface area contributed by atoms with Crippen molar-refractivity contribution in [3.05, 3.63) is 60.6 Å². The van der Waals surface area contributed by atoms with Gasteiger partial charge in [0.1, 0.15) is 5.75 Å². The number of nitrogens with zero attached hydrogens (tertiary/aromatic N) is 3. The fourth-order valence-electron chi connectivity index (χ4n) is 2.74. The van der Waals surface area contributed by atoms with Gasteiger partial charge in [-0.25, -0.2) is 9.97 Å². The lowest BCUT2D eigenvalue weighted by Crippen LogP contribution is -2.17. The highest BCUT2D eigenvalue weighted by Gasteiger charge is 2.16. The normalized spacial score (nSPS) is 10.7. The van der Waals surface area contributed by atoms with E-state index >= 15 is 0 Å². The number of nitrogens with one attached hydrogen (secondary N) is 2. The Balaban J connectivity index is 0.00000150. The third kappa shape index (κ3) is 3.15. The standard InChI is InChI=1S/C19H16N6O2.3H2/c1-27-16-5-3-2-4-14(16)24-19(26)17-18(20)21-10-15(23-17)11-6-7-13-12(8-11)9-22-25-13;;;/h2-10H,1H3,(H2,20,21)(H,22,25)(H,24,26);3*1H. The van der Waals surface area contributed by atoms with Crippen LogP contribution in [0.25, 0.3) is 22.2 Å². The summed E-state index contributed by atoms with van der Waals surface area (Å²) in [6.45, 7) is 0. The zero-order valence-corrected chi connectivity index (χ0v) is 14.4. The molecule has 4 aromatic rings. The Morgan fingerprint density at radius 1 is 1.22 bits per heavy atom. The molecule has 2 heterocycles. The molecule has 8 heteroatoms. The lowest BCUT2D eigenvalue weighted by molar-refractivity contribution is 0.102. The number of hydrogen-bond donors (Lipinski definition) is 3. The first-order valence-electron chi connectivity index (χ1n) is 8.16. The minimum absolute atomic E-state index is 0. The summed E-state index contributed by atoms with van der Waals surface area (Å²) < 4.78 is 5.25. The van der Waals surface area contributed by atoms with Crippen LogP contribution in [0.1, 0.15) is 14.8 Å². The van der Waals surface area contributed by atoms with Crippen molar-refractivity contribution < 1.29 is 13.8 Å². The molecule has 4 N–H and O–H groups in total. The number of aromatic nitrogens is 4. The highest BCUT2D eigenvalue weighted by molar-refractivity contribution is 6.06. The van der Waals surface area contributed by atoms with Crippen LogP contribution in [-0.2, 0) is 0 Å². The lowest BCUT2D eigenvalue weighted by atomic mass is 10.1. The van der Waals surface area contributed by atoms with Gasteiger partial charge in [-0.05, 0) is 24.3 Å². The minimum atomic E-state index is -0.462. The van der Waals surface area contributed by atoms with E-state index in [-0.39, 0.29) is 15.8 Å². The van der Waals surface area contributed by atoms with E-state index in [1.54, 1.807) is 24.4 Å². The lowest BCUT2D eigenvalue weighted by Gasteiger charge is -2.11. The highest BCUT2D eigenvalue weighted by atomic mass is 16.5. The molecule has 0 bridgehead atoms. The SMILES string of the molecule is COc1ccccc1NC(=O)c1nc(-c2ccc3[nH]ncc3c2)cnc1N.[HH].[HH].[HH]. The summed E-state index contributed by atoms with van der Waals surface area (Å²) in [5, 5.41) is 10.6. The average molecular weight is 366 g/mol. The number of carbonyl (C=O) groups is 1. The molecule has 0 aliphatic carbocycles. The maximum Gasteiger partial charge on any atom is 0.278 e. The van der Waals surface area contributed by atoms with Crippen LogP contribution in [0.4, 0.5) is 11.5 Å². The summed E-state index contributed by atoms with van der Waals surface area (Å²) >= 11 is 0. The van der Waals surface area contributed by atoms with Crippen molar-refractivity contribution in [1.29, 1.82) is 0 Å². The van der Waals surface area contributed by atoms with Gasteiger partial charge in [-0.3, -0.25) is 9.89 Å². The van der Waals surface area contributed by atoms with Crippen LogP contribution in [0, 0.1) is 0 Å². The number of ether oxygens (including phenoxy) is 1. The Kier molecular flexibility index (Phi) is 4.13. The van der Waals surface area contributed by atoms with Crippen LogP contribution >= 0.6 is 0 Å². The number of H-pyrrole nitrogens is 1. The van der Waals surface area contributed by atoms with Gasteiger partial charge in [0.25, 0.3) is 5.91 Å². The summed E-state index contributed by atoms with van der Waals surface area (Å²) in [4.78, 5) is 21.2. The van der Waals surface area contributed by atoms with E-state index in [0.717, 1.165) is 16.5 Å². The predicted octanol–water partition coefficient (Wildman–Crippen LogP) is 3.60. The maximum atomic E-state index is 12.7. The van der Waals surface area contributed by atoms with Gasteiger partial charge in [-0.15, -0.1) is 0 Å². The fraction of sp³-hybridized carbons (Fsp3) is 0.0526. The van der Waals surface area contributed by atoms with Gasteiger partial charge >= 0.3 is 0 Å². The van der Waals surface area contributed by atoms with E-state index in [1.165, 1.54) is 13.3 Å². The summed E-state index contributed by atoms with van der Waals surface area (Å²) in [5.41, 5.74) is 8.72. The van der Waals surface area contributed by atoms with Crippen LogP contribution in [0.5, 0.6) is 5.75 Å². The molecule has 27 heavy (non-hydrogen) atoms. The molecule has 0 aliphatic rings. The molecule has 1 amide bonds. The van der Waals surface area contributed by atoms with Crippen molar-refractivity contribution in [2.75, 3.05) is 18.2 Å². The molecule has 0 radical (unpaired) electrons. The molecule has 0 aliphatic heterocycles. The molecule has 140 valence electrons. The smallest absolute Gasteiger partial charge is 0.278 e. The monoisotopic (exact) mass is 366 g/mol. The van der Waals surface area contributed by atoms with E-state index in [2.05, 4.69) is 25.5 Å². The summed E-state index contributed by atoms with van der Waals surface area (Å²) in [6, 6.07) is 12.8. The van der Waals surface area contributed by atoms with Crippen molar-refractivity contribution in [2.45, 2.75) is 0 Å². The molecular formula is C19H22N6O2. The van der Waals surface area contributed by atoms with Crippen LogP contribution in [0.15, 0.2) is 54.9 Å². The molecule has 0 unspecified atom stereocenters. The number of nitrogen functional groups attached to an aromatic ring is 1. The molecule has 2 aromatic carbocycles. The topological polar surface area (TPSA) is 119 Å². The Morgan fingerprint density at radius 3 is 2.93 bits per heavy atom. The van der Waals surface area contributed by atoms with E-state index in [9.17, 15) is 4.79 Å². The average Bonchev–Trinajstić information content (AvgIpc) is 3.16. The van der Waals surface area contributed by atoms with Gasteiger partial charge in [-0.2, -0.15) is 5.10 Å². The number of amides is 1. The number of aromatic amines is 1. The number of carbonyl (C=O) groups excluding carboxylic acids is 1. The Hall–Kier alpha value is -3.94. The van der Waals surface area contributed by atoms with Gasteiger partial charge < -0.3 is 15.8 Å². The van der Waals surface area contributed by atoms with Crippen molar-refractivity contribution in [1.82, 2.24) is 20.2 Å². The number of methoxy groups -OCH3 is 1. The number of nitrogens with two attached hydrogens (primary N) is 1. The van der Waals surface area contributed by atoms with Gasteiger partial charge in [0.05, 0.1) is 36.4 Å². The molecule has 0 atom stereocenters. The summed E-state index contributed by atoms with van der Waals surface area (Å²) in [5.74, 6) is 0.130. The van der Waals surface area contributed by atoms with Crippen LogP contribution in [-0.4, -0.2) is 33.2 Å². The molecule has 0 spiro atoms. The number of anilines is 2. The Bertz CT molecular complexity index is 1150. The number of rotatable bonds is 4. The van der Waals surface area contributed by atoms with Gasteiger partial charge in [0.2, 0.25) is 0 Å². The first-order chi connectivity index (χ1) is 13.2. The number of fused-ring (bicyclic) bond motifs is 1. The third-order valence-corrected chi connectivity index (χ3v) is 4.11. The molecule has 8 nitrogen and oxygen atoms in total. The predicted molar refractivity (Wildman–Crippen MR) is 109 cm³/mol. The molecular weight excluding hydrogens is 344 g/mol. The zero-order chi connectivity index (χ0) is 18.8. The highest BCUT2D eigenvalue weighted by Crippen LogP contribution is 2.25. The Morgan fingerprint density at radius 2 is 2.07 bits per heavy atom. The van der Waals surface area contributed by atoms with E-state index in [0.29, 0.717) is 17.1 Å². The second-order valence-corrected chi connectivity index (χ2v) is 5.82. The molecule has 4 rings (SSSR count). The second-order valence-electron chi connectivity index (χ2n) is 5.82. The maximum absolute atomic E-state index is 12.7. The van der Waals surface area contributed by atoms with E-state index < -0.39 is 5.91 Å². The summed E-state index contributed by atoms with van der Waals surface area (Å²) in [7, 11) is 1.53. The molecule has 0 saturated heterocycles. The minimum Gasteiger partial charge on any atom is -0.495 e. The Labute approximate surface area is 158 Å². The first kappa shape index (κ1) is 16.5. The fourth-order valence-corrected chi connectivity index (χ4v) is 2.74. The second kappa shape index (κ2) is 6.75.